The molecule has 154 valence electrons. The number of aryl methyl sites for hydroxylation is 1. The van der Waals surface area contributed by atoms with Gasteiger partial charge < -0.3 is 10.2 Å². The molecule has 30 heavy (non-hydrogen) atoms. The molecule has 2 atom stereocenters. The minimum absolute atomic E-state index is 0.0429. The lowest BCUT2D eigenvalue weighted by molar-refractivity contribution is 0.407. The smallest absolute Gasteiger partial charge is 0.220 e. The normalized spacial score (nSPS) is 19.7. The molecule has 8 heteroatoms. The monoisotopic (exact) mass is 408 g/mol. The summed E-state index contributed by atoms with van der Waals surface area (Å²) in [6, 6.07) is 8.20. The number of hydrogen-bond donors (Lipinski definition) is 1. The number of nitrogens with one attached hydrogen (secondary N) is 1. The molecule has 0 unspecified atom stereocenters. The first-order chi connectivity index (χ1) is 14.4. The molecule has 0 spiro atoms. The number of halogens is 2. The molecule has 1 N–H and O–H groups in total. The van der Waals surface area contributed by atoms with Gasteiger partial charge in [0.2, 0.25) is 5.95 Å². The largest absolute Gasteiger partial charge is 0.368 e. The van der Waals surface area contributed by atoms with Gasteiger partial charge in [-0.1, -0.05) is 0 Å². The highest BCUT2D eigenvalue weighted by molar-refractivity contribution is 5.83. The second-order valence-corrected chi connectivity index (χ2v) is 8.07. The number of piperazine rings is 1. The van der Waals surface area contributed by atoms with Gasteiger partial charge in [-0.3, -0.25) is 4.40 Å². The molecule has 3 aromatic heterocycles. The number of benzene rings is 1. The zero-order chi connectivity index (χ0) is 21.0. The van der Waals surface area contributed by atoms with Crippen LogP contribution in [0.25, 0.3) is 27.9 Å². The Labute approximate surface area is 172 Å². The number of imidazole rings is 1. The van der Waals surface area contributed by atoms with Crippen LogP contribution in [0.15, 0.2) is 36.7 Å². The van der Waals surface area contributed by atoms with E-state index in [0.717, 1.165) is 34.1 Å². The second kappa shape index (κ2) is 6.98. The van der Waals surface area contributed by atoms with Crippen LogP contribution in [0.1, 0.15) is 19.5 Å². The van der Waals surface area contributed by atoms with Crippen LogP contribution >= 0.6 is 0 Å². The average molecular weight is 408 g/mol. The Kier molecular flexibility index (Phi) is 4.39. The van der Waals surface area contributed by atoms with Gasteiger partial charge in [0.25, 0.3) is 0 Å². The van der Waals surface area contributed by atoms with Crippen molar-refractivity contribution in [3.8, 4) is 11.4 Å². The summed E-state index contributed by atoms with van der Waals surface area (Å²) in [6.07, 6.45) is 3.21. The number of nitrogens with zero attached hydrogens (tertiary/aromatic N) is 5. The van der Waals surface area contributed by atoms with Gasteiger partial charge in [-0.25, -0.2) is 19.3 Å². The first-order valence-electron chi connectivity index (χ1n) is 10.0. The lowest BCUT2D eigenvalue weighted by Crippen LogP contribution is -2.54. The summed E-state index contributed by atoms with van der Waals surface area (Å²) in [6.45, 7) is 7.73. The topological polar surface area (TPSA) is 58.4 Å². The van der Waals surface area contributed by atoms with Gasteiger partial charge in [0.05, 0.1) is 11.2 Å². The Morgan fingerprint density at radius 2 is 1.83 bits per heavy atom. The maximum Gasteiger partial charge on any atom is 0.220 e. The Balaban J connectivity index is 1.53. The van der Waals surface area contributed by atoms with E-state index < -0.39 is 11.8 Å². The number of hydrogen-bond acceptors (Lipinski definition) is 5. The van der Waals surface area contributed by atoms with Crippen molar-refractivity contribution >= 4 is 22.2 Å². The van der Waals surface area contributed by atoms with Gasteiger partial charge in [0.1, 0.15) is 0 Å². The molecule has 0 amide bonds. The molecule has 0 aliphatic carbocycles. The number of fused-ring (bicyclic) bond motifs is 2. The van der Waals surface area contributed by atoms with Crippen LogP contribution in [0.4, 0.5) is 14.5 Å². The van der Waals surface area contributed by atoms with E-state index in [-0.39, 0.29) is 11.3 Å². The maximum absolute atomic E-state index is 14.4. The summed E-state index contributed by atoms with van der Waals surface area (Å²) in [5, 5.41) is 4.44. The second-order valence-electron chi connectivity index (χ2n) is 8.07. The fourth-order valence-corrected chi connectivity index (χ4v) is 4.21. The van der Waals surface area contributed by atoms with Crippen molar-refractivity contribution in [1.82, 2.24) is 24.7 Å². The van der Waals surface area contributed by atoms with E-state index in [4.69, 9.17) is 0 Å². The van der Waals surface area contributed by atoms with Crippen molar-refractivity contribution in [1.29, 1.82) is 0 Å². The molecule has 4 aromatic rings. The van der Waals surface area contributed by atoms with Gasteiger partial charge in [-0.15, -0.1) is 0 Å². The van der Waals surface area contributed by atoms with E-state index in [1.54, 1.807) is 6.20 Å². The highest BCUT2D eigenvalue weighted by Crippen LogP contribution is 2.26. The summed E-state index contributed by atoms with van der Waals surface area (Å²) in [5.74, 6) is -0.859. The summed E-state index contributed by atoms with van der Waals surface area (Å²) < 4.78 is 29.8. The molecule has 1 aliphatic heterocycles. The summed E-state index contributed by atoms with van der Waals surface area (Å²) >= 11 is 0. The molecular weight excluding hydrogens is 386 g/mol. The van der Waals surface area contributed by atoms with E-state index in [9.17, 15) is 8.78 Å². The Hall–Kier alpha value is -3.13. The van der Waals surface area contributed by atoms with Crippen molar-refractivity contribution < 1.29 is 8.78 Å². The zero-order valence-electron chi connectivity index (χ0n) is 17.0. The Bertz CT molecular complexity index is 1260. The van der Waals surface area contributed by atoms with Crippen LogP contribution in [0.2, 0.25) is 0 Å². The van der Waals surface area contributed by atoms with Crippen LogP contribution in [-0.2, 0) is 0 Å². The van der Waals surface area contributed by atoms with Gasteiger partial charge in [0, 0.05) is 54.2 Å². The van der Waals surface area contributed by atoms with E-state index >= 15 is 0 Å². The molecule has 6 nitrogen and oxygen atoms in total. The third-order valence-electron chi connectivity index (χ3n) is 5.52. The number of anilines is 1. The van der Waals surface area contributed by atoms with Gasteiger partial charge in [0.15, 0.2) is 17.3 Å². The van der Waals surface area contributed by atoms with Crippen molar-refractivity contribution in [2.75, 3.05) is 18.0 Å². The molecule has 0 saturated carbocycles. The predicted octanol–water partition coefficient (Wildman–Crippen LogP) is 3.72. The fraction of sp³-hybridized carbons (Fsp3) is 0.318. The van der Waals surface area contributed by atoms with E-state index in [1.165, 1.54) is 19.2 Å². The minimum atomic E-state index is -0.611. The first-order valence-corrected chi connectivity index (χ1v) is 10.0. The van der Waals surface area contributed by atoms with Crippen molar-refractivity contribution in [2.24, 2.45) is 0 Å². The van der Waals surface area contributed by atoms with Crippen LogP contribution in [0.5, 0.6) is 0 Å². The molecule has 1 aromatic carbocycles. The first kappa shape index (κ1) is 18.9. The quantitative estimate of drug-likeness (QED) is 0.548. The molecular formula is C22H22F2N6. The van der Waals surface area contributed by atoms with Crippen LogP contribution in [0.3, 0.4) is 0 Å². The number of aromatic nitrogens is 4. The molecule has 1 aliphatic rings. The van der Waals surface area contributed by atoms with Crippen molar-refractivity contribution in [2.45, 2.75) is 32.9 Å². The van der Waals surface area contributed by atoms with Crippen LogP contribution in [-0.4, -0.2) is 44.5 Å². The fourth-order valence-electron chi connectivity index (χ4n) is 4.21. The Morgan fingerprint density at radius 1 is 1.07 bits per heavy atom. The third-order valence-corrected chi connectivity index (χ3v) is 5.52. The number of rotatable bonds is 2. The molecule has 0 radical (unpaired) electrons. The minimum Gasteiger partial charge on any atom is -0.368 e. The van der Waals surface area contributed by atoms with E-state index in [2.05, 4.69) is 45.1 Å². The molecule has 5 rings (SSSR count). The van der Waals surface area contributed by atoms with Crippen LogP contribution < -0.4 is 10.2 Å². The molecule has 1 saturated heterocycles. The van der Waals surface area contributed by atoms with Crippen molar-refractivity contribution in [3.63, 3.8) is 0 Å². The highest BCUT2D eigenvalue weighted by atomic mass is 19.1. The summed E-state index contributed by atoms with van der Waals surface area (Å²) in [4.78, 5) is 15.3. The van der Waals surface area contributed by atoms with Crippen molar-refractivity contribution in [3.05, 3.63) is 54.1 Å². The highest BCUT2D eigenvalue weighted by Gasteiger charge is 2.21. The Morgan fingerprint density at radius 3 is 2.60 bits per heavy atom. The van der Waals surface area contributed by atoms with Crippen LogP contribution in [0, 0.1) is 18.7 Å². The van der Waals surface area contributed by atoms with E-state index in [0.29, 0.717) is 23.5 Å². The third kappa shape index (κ3) is 3.17. The zero-order valence-corrected chi connectivity index (χ0v) is 17.0. The summed E-state index contributed by atoms with van der Waals surface area (Å²) in [7, 11) is 0. The molecule has 1 fully saturated rings. The number of pyridine rings is 1. The van der Waals surface area contributed by atoms with E-state index in [1.807, 2.05) is 12.1 Å². The molecule has 0 bridgehead atoms. The lowest BCUT2D eigenvalue weighted by atomic mass is 10.1. The van der Waals surface area contributed by atoms with Gasteiger partial charge >= 0.3 is 0 Å². The van der Waals surface area contributed by atoms with Gasteiger partial charge in [-0.05, 0) is 45.0 Å². The standard InChI is InChI=1S/C22H22F2N6/c1-12-9-29(10-13(2)26-12)17-4-5-19-15(6-17)8-25-21(28-19)16-7-18(23)22-27-14(3)20(24)30(22)11-16/h4-8,11-13,26H,9-10H2,1-3H3/t12-,13-/m0/s1. The molecule has 4 heterocycles. The SMILES string of the molecule is Cc1nc2c(F)cc(-c3ncc4cc(N5C[C@H](C)N[C@@H](C)C5)ccc4n3)cn2c1F. The average Bonchev–Trinajstić information content (AvgIpc) is 3.01. The lowest BCUT2D eigenvalue weighted by Gasteiger charge is -2.37. The summed E-state index contributed by atoms with van der Waals surface area (Å²) in [5.41, 5.74) is 2.38. The maximum atomic E-state index is 14.4. The predicted molar refractivity (Wildman–Crippen MR) is 113 cm³/mol. The van der Waals surface area contributed by atoms with Gasteiger partial charge in [-0.2, -0.15) is 4.39 Å².